The minimum absolute atomic E-state index is 0.261. The van der Waals surface area contributed by atoms with Gasteiger partial charge in [-0.15, -0.1) is 0 Å². The van der Waals surface area contributed by atoms with Crippen molar-refractivity contribution in [1.82, 2.24) is 14.5 Å². The second-order valence-corrected chi connectivity index (χ2v) is 6.33. The van der Waals surface area contributed by atoms with Gasteiger partial charge >= 0.3 is 5.97 Å². The van der Waals surface area contributed by atoms with Crippen LogP contribution in [0, 0.1) is 0 Å². The maximum atomic E-state index is 12.0. The van der Waals surface area contributed by atoms with Crippen LogP contribution in [-0.2, 0) is 4.74 Å². The number of esters is 1. The first-order chi connectivity index (χ1) is 10.8. The van der Waals surface area contributed by atoms with E-state index in [9.17, 15) is 4.79 Å². The van der Waals surface area contributed by atoms with Crippen molar-refractivity contribution >= 4 is 17.7 Å². The molecule has 22 heavy (non-hydrogen) atoms. The van der Waals surface area contributed by atoms with Crippen LogP contribution in [0.5, 0.6) is 0 Å². The molecule has 2 aromatic rings. The molecule has 1 aromatic carbocycles. The molecule has 0 bridgehead atoms. The average molecular weight is 317 g/mol. The summed E-state index contributed by atoms with van der Waals surface area (Å²) in [5, 5.41) is 0. The largest absolute Gasteiger partial charge is 0.461 e. The first kappa shape index (κ1) is 15.1. The molecular formula is C16H19N3O2S. The maximum absolute atomic E-state index is 12.0. The molecule has 6 heteroatoms. The zero-order valence-corrected chi connectivity index (χ0v) is 13.2. The molecule has 1 aromatic heterocycles. The third kappa shape index (κ3) is 3.90. The molecule has 1 aliphatic rings. The van der Waals surface area contributed by atoms with Gasteiger partial charge in [0.2, 0.25) is 0 Å². The van der Waals surface area contributed by atoms with Gasteiger partial charge in [0.1, 0.15) is 6.61 Å². The van der Waals surface area contributed by atoms with Gasteiger partial charge in [-0.2, -0.15) is 11.8 Å². The van der Waals surface area contributed by atoms with Crippen LogP contribution in [-0.4, -0.2) is 58.2 Å². The predicted octanol–water partition coefficient (Wildman–Crippen LogP) is 2.08. The zero-order valence-electron chi connectivity index (χ0n) is 12.4. The molecule has 0 saturated carbocycles. The van der Waals surface area contributed by atoms with Crippen LogP contribution in [0.3, 0.4) is 0 Å². The van der Waals surface area contributed by atoms with Gasteiger partial charge in [-0.25, -0.2) is 9.78 Å². The standard InChI is InChI=1S/C16H19N3O2S/c20-16(21-10-7-18-8-11-22-12-9-18)14-1-3-15(4-2-14)19-6-5-17-13-19/h1-6,13H,7-12H2. The summed E-state index contributed by atoms with van der Waals surface area (Å²) in [7, 11) is 0. The number of ether oxygens (including phenoxy) is 1. The molecule has 0 spiro atoms. The number of thioether (sulfide) groups is 1. The molecule has 0 unspecified atom stereocenters. The van der Waals surface area contributed by atoms with Crippen molar-refractivity contribution in [2.75, 3.05) is 37.7 Å². The van der Waals surface area contributed by atoms with Gasteiger partial charge in [0.05, 0.1) is 11.9 Å². The summed E-state index contributed by atoms with van der Waals surface area (Å²) >= 11 is 1.98. The molecule has 0 radical (unpaired) electrons. The molecule has 2 heterocycles. The van der Waals surface area contributed by atoms with E-state index < -0.39 is 0 Å². The lowest BCUT2D eigenvalue weighted by molar-refractivity contribution is 0.0466. The van der Waals surface area contributed by atoms with Crippen LogP contribution in [0.25, 0.3) is 5.69 Å². The first-order valence-electron chi connectivity index (χ1n) is 7.38. The van der Waals surface area contributed by atoms with E-state index >= 15 is 0 Å². The Balaban J connectivity index is 1.49. The molecule has 0 aliphatic carbocycles. The number of imidazole rings is 1. The van der Waals surface area contributed by atoms with Crippen LogP contribution >= 0.6 is 11.8 Å². The Bertz CT molecular complexity index is 592. The highest BCUT2D eigenvalue weighted by molar-refractivity contribution is 7.99. The summed E-state index contributed by atoms with van der Waals surface area (Å²) in [6.07, 6.45) is 5.32. The number of nitrogens with zero attached hydrogens (tertiary/aromatic N) is 3. The number of carbonyl (C=O) groups is 1. The lowest BCUT2D eigenvalue weighted by Gasteiger charge is -2.25. The predicted molar refractivity (Wildman–Crippen MR) is 87.6 cm³/mol. The molecule has 3 rings (SSSR count). The van der Waals surface area contributed by atoms with Crippen molar-refractivity contribution in [3.05, 3.63) is 48.5 Å². The number of hydrogen-bond donors (Lipinski definition) is 0. The van der Waals surface area contributed by atoms with Crippen molar-refractivity contribution in [2.45, 2.75) is 0 Å². The summed E-state index contributed by atoms with van der Waals surface area (Å²) in [5.74, 6) is 2.08. The monoisotopic (exact) mass is 317 g/mol. The van der Waals surface area contributed by atoms with E-state index in [1.807, 2.05) is 34.7 Å². The van der Waals surface area contributed by atoms with Crippen molar-refractivity contribution in [1.29, 1.82) is 0 Å². The zero-order chi connectivity index (χ0) is 15.2. The first-order valence-corrected chi connectivity index (χ1v) is 8.54. The van der Waals surface area contributed by atoms with E-state index in [1.54, 1.807) is 24.7 Å². The fraction of sp³-hybridized carbons (Fsp3) is 0.375. The second kappa shape index (κ2) is 7.47. The van der Waals surface area contributed by atoms with Crippen LogP contribution < -0.4 is 0 Å². The van der Waals surface area contributed by atoms with E-state index in [4.69, 9.17) is 4.74 Å². The lowest BCUT2D eigenvalue weighted by Crippen LogP contribution is -2.35. The van der Waals surface area contributed by atoms with Gasteiger partial charge in [0.15, 0.2) is 0 Å². The summed E-state index contributed by atoms with van der Waals surface area (Å²) in [6, 6.07) is 7.35. The molecule has 5 nitrogen and oxygen atoms in total. The summed E-state index contributed by atoms with van der Waals surface area (Å²) in [6.45, 7) is 3.44. The van der Waals surface area contributed by atoms with Crippen LogP contribution in [0.1, 0.15) is 10.4 Å². The van der Waals surface area contributed by atoms with Gasteiger partial charge in [0, 0.05) is 49.2 Å². The van der Waals surface area contributed by atoms with Crippen molar-refractivity contribution in [3.63, 3.8) is 0 Å². The molecular weight excluding hydrogens is 298 g/mol. The fourth-order valence-electron chi connectivity index (χ4n) is 2.36. The molecule has 0 amide bonds. The number of hydrogen-bond acceptors (Lipinski definition) is 5. The number of carbonyl (C=O) groups excluding carboxylic acids is 1. The summed E-state index contributed by atoms with van der Waals surface area (Å²) < 4.78 is 7.25. The van der Waals surface area contributed by atoms with E-state index in [2.05, 4.69) is 9.88 Å². The van der Waals surface area contributed by atoms with Crippen molar-refractivity contribution in [2.24, 2.45) is 0 Å². The van der Waals surface area contributed by atoms with Crippen molar-refractivity contribution in [3.8, 4) is 5.69 Å². The number of aromatic nitrogens is 2. The van der Waals surface area contributed by atoms with E-state index in [0.717, 1.165) is 25.3 Å². The van der Waals surface area contributed by atoms with E-state index in [1.165, 1.54) is 11.5 Å². The highest BCUT2D eigenvalue weighted by Gasteiger charge is 2.12. The highest BCUT2D eigenvalue weighted by Crippen LogP contribution is 2.11. The fourth-order valence-corrected chi connectivity index (χ4v) is 3.34. The van der Waals surface area contributed by atoms with E-state index in [-0.39, 0.29) is 5.97 Å². The molecule has 1 aliphatic heterocycles. The quantitative estimate of drug-likeness (QED) is 0.790. The second-order valence-electron chi connectivity index (χ2n) is 5.11. The lowest BCUT2D eigenvalue weighted by atomic mass is 10.2. The third-order valence-electron chi connectivity index (χ3n) is 3.65. The molecule has 0 atom stereocenters. The van der Waals surface area contributed by atoms with Gasteiger partial charge in [-0.1, -0.05) is 0 Å². The normalized spacial score (nSPS) is 15.6. The Labute approximate surface area is 134 Å². The molecule has 1 saturated heterocycles. The SMILES string of the molecule is O=C(OCCN1CCSCC1)c1ccc(-n2ccnc2)cc1. The van der Waals surface area contributed by atoms with Crippen molar-refractivity contribution < 1.29 is 9.53 Å². The van der Waals surface area contributed by atoms with E-state index in [0.29, 0.717) is 12.2 Å². The highest BCUT2D eigenvalue weighted by atomic mass is 32.2. The topological polar surface area (TPSA) is 47.4 Å². The Morgan fingerprint density at radius 1 is 1.23 bits per heavy atom. The minimum atomic E-state index is -0.261. The molecule has 0 N–H and O–H groups in total. The molecule has 1 fully saturated rings. The number of benzene rings is 1. The minimum Gasteiger partial charge on any atom is -0.461 e. The van der Waals surface area contributed by atoms with Crippen LogP contribution in [0.4, 0.5) is 0 Å². The number of rotatable bonds is 5. The third-order valence-corrected chi connectivity index (χ3v) is 4.59. The van der Waals surface area contributed by atoms with Gasteiger partial charge < -0.3 is 9.30 Å². The summed E-state index contributed by atoms with van der Waals surface area (Å²) in [5.41, 5.74) is 1.55. The Kier molecular flexibility index (Phi) is 5.13. The Morgan fingerprint density at radius 3 is 2.68 bits per heavy atom. The summed E-state index contributed by atoms with van der Waals surface area (Å²) in [4.78, 5) is 18.4. The molecule has 116 valence electrons. The smallest absolute Gasteiger partial charge is 0.338 e. The average Bonchev–Trinajstić information content (AvgIpc) is 3.10. The Morgan fingerprint density at radius 2 is 2.00 bits per heavy atom. The van der Waals surface area contributed by atoms with Crippen LogP contribution in [0.2, 0.25) is 0 Å². The van der Waals surface area contributed by atoms with Gasteiger partial charge in [-0.05, 0) is 24.3 Å². The maximum Gasteiger partial charge on any atom is 0.338 e. The van der Waals surface area contributed by atoms with Gasteiger partial charge in [-0.3, -0.25) is 4.90 Å². The Hall–Kier alpha value is -1.79. The van der Waals surface area contributed by atoms with Crippen LogP contribution in [0.15, 0.2) is 43.0 Å². The van der Waals surface area contributed by atoms with Gasteiger partial charge in [0.25, 0.3) is 0 Å².